The average Bonchev–Trinajstić information content (AvgIpc) is 2.94. The molecule has 10 nitrogen and oxygen atoms in total. The highest BCUT2D eigenvalue weighted by Gasteiger charge is 2.30. The first-order valence-electron chi connectivity index (χ1n) is 11.4. The summed E-state index contributed by atoms with van der Waals surface area (Å²) in [5.41, 5.74) is 3.81. The molecule has 0 saturated carbocycles. The van der Waals surface area contributed by atoms with Crippen molar-refractivity contribution in [2.75, 3.05) is 38.3 Å². The lowest BCUT2D eigenvalue weighted by atomic mass is 10.1. The summed E-state index contributed by atoms with van der Waals surface area (Å²) in [5, 5.41) is 4.16. The third kappa shape index (κ3) is 5.78. The monoisotopic (exact) mass is 525 g/mol. The molecule has 0 aromatic heterocycles. The zero-order valence-corrected chi connectivity index (χ0v) is 21.4. The average molecular weight is 526 g/mol. The first-order chi connectivity index (χ1) is 17.8. The largest absolute Gasteiger partial charge is 0.497 e. The smallest absolute Gasteiger partial charge is 0.264 e. The highest BCUT2D eigenvalue weighted by Crippen LogP contribution is 2.35. The maximum atomic E-state index is 13.6. The molecule has 4 rings (SSSR count). The number of carbonyl (C=O) groups is 1. The van der Waals surface area contributed by atoms with Crippen molar-refractivity contribution in [2.45, 2.75) is 11.8 Å². The molecule has 0 saturated heterocycles. The summed E-state index contributed by atoms with van der Waals surface area (Å²) in [6.45, 7) is 2.09. The van der Waals surface area contributed by atoms with Gasteiger partial charge in [0.25, 0.3) is 15.9 Å². The molecule has 3 aromatic carbocycles. The fourth-order valence-electron chi connectivity index (χ4n) is 3.66. The van der Waals surface area contributed by atoms with Crippen molar-refractivity contribution in [3.8, 4) is 23.0 Å². The summed E-state index contributed by atoms with van der Waals surface area (Å²) in [5.74, 6) is 1.23. The third-order valence-electron chi connectivity index (χ3n) is 5.58. The molecule has 0 unspecified atom stereocenters. The normalized spacial score (nSPS) is 13.0. The van der Waals surface area contributed by atoms with Gasteiger partial charge < -0.3 is 18.9 Å². The van der Waals surface area contributed by atoms with Gasteiger partial charge in [0.05, 0.1) is 30.5 Å². The van der Waals surface area contributed by atoms with Crippen molar-refractivity contribution >= 4 is 27.3 Å². The predicted octanol–water partition coefficient (Wildman–Crippen LogP) is 3.21. The zero-order chi connectivity index (χ0) is 26.4. The lowest BCUT2D eigenvalue weighted by molar-refractivity contribution is -0.119. The molecule has 0 fully saturated rings. The zero-order valence-electron chi connectivity index (χ0n) is 20.6. The Bertz CT molecular complexity index is 1410. The Morgan fingerprint density at radius 3 is 2.41 bits per heavy atom. The number of sulfonamides is 1. The Balaban J connectivity index is 1.62. The van der Waals surface area contributed by atoms with Gasteiger partial charge in [-0.2, -0.15) is 5.10 Å². The van der Waals surface area contributed by atoms with Crippen LogP contribution in [0.2, 0.25) is 0 Å². The van der Waals surface area contributed by atoms with E-state index >= 15 is 0 Å². The van der Waals surface area contributed by atoms with E-state index in [1.54, 1.807) is 55.5 Å². The number of carbonyl (C=O) groups excluding carboxylic acids is 1. The number of nitrogens with zero attached hydrogens (tertiary/aromatic N) is 2. The van der Waals surface area contributed by atoms with Gasteiger partial charge in [-0.1, -0.05) is 18.2 Å². The number of amides is 1. The van der Waals surface area contributed by atoms with E-state index in [0.717, 1.165) is 4.31 Å². The molecule has 0 aliphatic carbocycles. The molecule has 0 bridgehead atoms. The van der Waals surface area contributed by atoms with Crippen LogP contribution in [-0.4, -0.2) is 54.0 Å². The minimum atomic E-state index is -4.15. The summed E-state index contributed by atoms with van der Waals surface area (Å²) in [4.78, 5) is 13.0. The van der Waals surface area contributed by atoms with Crippen LogP contribution in [-0.2, 0) is 14.8 Å². The van der Waals surface area contributed by atoms with Crippen LogP contribution < -0.4 is 28.7 Å². The van der Waals surface area contributed by atoms with Crippen LogP contribution in [0.25, 0.3) is 0 Å². The number of hydrogen-bond donors (Lipinski definition) is 1. The molecular formula is C26H27N3O7S. The van der Waals surface area contributed by atoms with Crippen molar-refractivity contribution in [3.63, 3.8) is 0 Å². The number of methoxy groups -OCH3 is 2. The molecule has 1 heterocycles. The van der Waals surface area contributed by atoms with Crippen molar-refractivity contribution in [1.82, 2.24) is 5.43 Å². The minimum absolute atomic E-state index is 0.0173. The van der Waals surface area contributed by atoms with E-state index in [1.165, 1.54) is 32.4 Å². The Labute approximate surface area is 215 Å². The molecule has 37 heavy (non-hydrogen) atoms. The van der Waals surface area contributed by atoms with Gasteiger partial charge in [0, 0.05) is 11.6 Å². The maximum Gasteiger partial charge on any atom is 0.264 e. The number of nitrogens with one attached hydrogen (secondary N) is 1. The Kier molecular flexibility index (Phi) is 7.83. The number of fused-ring (bicyclic) bond motifs is 1. The molecule has 0 spiro atoms. The molecule has 0 radical (unpaired) electrons. The van der Waals surface area contributed by atoms with E-state index in [4.69, 9.17) is 18.9 Å². The van der Waals surface area contributed by atoms with E-state index in [0.29, 0.717) is 41.7 Å². The third-order valence-corrected chi connectivity index (χ3v) is 7.36. The molecule has 3 aromatic rings. The molecular weight excluding hydrogens is 498 g/mol. The highest BCUT2D eigenvalue weighted by atomic mass is 32.2. The van der Waals surface area contributed by atoms with Gasteiger partial charge in [-0.05, 0) is 49.4 Å². The van der Waals surface area contributed by atoms with Gasteiger partial charge in [0.1, 0.15) is 31.3 Å². The summed E-state index contributed by atoms with van der Waals surface area (Å²) in [7, 11) is -1.27. The van der Waals surface area contributed by atoms with Gasteiger partial charge in [-0.15, -0.1) is 0 Å². The van der Waals surface area contributed by atoms with Gasteiger partial charge in [-0.3, -0.25) is 9.10 Å². The van der Waals surface area contributed by atoms with Crippen molar-refractivity contribution < 1.29 is 32.2 Å². The second kappa shape index (κ2) is 11.2. The van der Waals surface area contributed by atoms with E-state index in [1.807, 2.05) is 0 Å². The number of hydrazone groups is 1. The minimum Gasteiger partial charge on any atom is -0.497 e. The molecule has 194 valence electrons. The second-order valence-electron chi connectivity index (χ2n) is 7.95. The lowest BCUT2D eigenvalue weighted by Crippen LogP contribution is -2.40. The number of ether oxygens (including phenoxy) is 4. The second-order valence-corrected chi connectivity index (χ2v) is 9.82. The van der Waals surface area contributed by atoms with E-state index in [9.17, 15) is 13.2 Å². The van der Waals surface area contributed by atoms with E-state index < -0.39 is 22.5 Å². The van der Waals surface area contributed by atoms with Crippen LogP contribution >= 0.6 is 0 Å². The maximum absolute atomic E-state index is 13.6. The van der Waals surface area contributed by atoms with Crippen LogP contribution in [0.15, 0.2) is 76.7 Å². The predicted molar refractivity (Wildman–Crippen MR) is 138 cm³/mol. The van der Waals surface area contributed by atoms with Crippen LogP contribution in [0.1, 0.15) is 12.5 Å². The van der Waals surface area contributed by atoms with Crippen LogP contribution in [0.3, 0.4) is 0 Å². The number of hydrogen-bond acceptors (Lipinski definition) is 8. The fraction of sp³-hybridized carbons (Fsp3) is 0.231. The van der Waals surface area contributed by atoms with Crippen molar-refractivity contribution in [3.05, 3.63) is 72.3 Å². The van der Waals surface area contributed by atoms with Crippen LogP contribution in [0.4, 0.5) is 5.69 Å². The Morgan fingerprint density at radius 2 is 1.70 bits per heavy atom. The van der Waals surface area contributed by atoms with Crippen LogP contribution in [0, 0.1) is 0 Å². The van der Waals surface area contributed by atoms with Gasteiger partial charge in [0.2, 0.25) is 0 Å². The molecule has 1 aliphatic rings. The molecule has 1 aliphatic heterocycles. The summed E-state index contributed by atoms with van der Waals surface area (Å²) in [6, 6.07) is 17.9. The number of benzene rings is 3. The SMILES string of the molecule is COc1ccc(OC)c(N(CC(=O)N/N=C(\C)c2ccc3c(c2)OCCO3)S(=O)(=O)c2ccccc2)c1. The van der Waals surface area contributed by atoms with Gasteiger partial charge >= 0.3 is 0 Å². The quantitative estimate of drug-likeness (QED) is 0.337. The number of rotatable bonds is 9. The molecule has 0 atom stereocenters. The first-order valence-corrected chi connectivity index (χ1v) is 12.8. The summed E-state index contributed by atoms with van der Waals surface area (Å²) in [6.07, 6.45) is 0. The van der Waals surface area contributed by atoms with Crippen LogP contribution in [0.5, 0.6) is 23.0 Å². The van der Waals surface area contributed by atoms with Gasteiger partial charge in [-0.25, -0.2) is 13.8 Å². The summed E-state index contributed by atoms with van der Waals surface area (Å²) >= 11 is 0. The Hall–Kier alpha value is -4.25. The molecule has 1 N–H and O–H groups in total. The van der Waals surface area contributed by atoms with E-state index in [2.05, 4.69) is 10.5 Å². The first kappa shape index (κ1) is 25.8. The fourth-order valence-corrected chi connectivity index (χ4v) is 5.10. The highest BCUT2D eigenvalue weighted by molar-refractivity contribution is 7.92. The standard InChI is InChI=1S/C26H27N3O7S/c1-18(19-9-11-24-25(15-19)36-14-13-35-24)27-28-26(30)17-29(37(31,32)21-7-5-4-6-8-21)22-16-20(33-2)10-12-23(22)34-3/h4-12,15-16H,13-14,17H2,1-3H3,(H,28,30)/b27-18+. The molecule has 11 heteroatoms. The number of anilines is 1. The van der Waals surface area contributed by atoms with Crippen molar-refractivity contribution in [1.29, 1.82) is 0 Å². The topological polar surface area (TPSA) is 116 Å². The Morgan fingerprint density at radius 1 is 0.973 bits per heavy atom. The van der Waals surface area contributed by atoms with E-state index in [-0.39, 0.29) is 16.3 Å². The van der Waals surface area contributed by atoms with Gasteiger partial charge in [0.15, 0.2) is 11.5 Å². The summed E-state index contributed by atoms with van der Waals surface area (Å²) < 4.78 is 50.0. The molecule has 1 amide bonds. The van der Waals surface area contributed by atoms with Crippen molar-refractivity contribution in [2.24, 2.45) is 5.10 Å². The lowest BCUT2D eigenvalue weighted by Gasteiger charge is -2.25.